The third kappa shape index (κ3) is 3.99. The zero-order valence-electron chi connectivity index (χ0n) is 13.5. The Balaban J connectivity index is 1.63. The minimum Gasteiger partial charge on any atom is -0.459 e. The smallest absolute Gasteiger partial charge is 0.405 e. The first-order chi connectivity index (χ1) is 12.4. The van der Waals surface area contributed by atoms with Crippen LogP contribution in [0.25, 0.3) is 11.7 Å². The van der Waals surface area contributed by atoms with Gasteiger partial charge < -0.3 is 19.1 Å². The molecule has 0 unspecified atom stereocenters. The number of nitrogens with zero attached hydrogens (tertiary/aromatic N) is 3. The van der Waals surface area contributed by atoms with Crippen molar-refractivity contribution in [3.05, 3.63) is 24.1 Å². The van der Waals surface area contributed by atoms with Crippen LogP contribution in [0.5, 0.6) is 0 Å². The summed E-state index contributed by atoms with van der Waals surface area (Å²) in [6.45, 7) is -0.601. The van der Waals surface area contributed by atoms with E-state index < -0.39 is 24.5 Å². The summed E-state index contributed by atoms with van der Waals surface area (Å²) in [5.74, 6) is -0.295. The molecule has 1 aliphatic rings. The largest absolute Gasteiger partial charge is 0.459 e. The van der Waals surface area contributed by atoms with Gasteiger partial charge in [0.15, 0.2) is 5.76 Å². The fraction of sp³-hybridized carbons (Fsp3) is 0.438. The molecule has 10 heteroatoms. The van der Waals surface area contributed by atoms with Crippen molar-refractivity contribution in [2.24, 2.45) is 5.92 Å². The number of amides is 1. The normalized spacial score (nSPS) is 15.7. The van der Waals surface area contributed by atoms with E-state index in [0.717, 1.165) is 0 Å². The van der Waals surface area contributed by atoms with Gasteiger partial charge in [0.2, 0.25) is 17.5 Å². The van der Waals surface area contributed by atoms with E-state index in [1.165, 1.54) is 6.26 Å². The van der Waals surface area contributed by atoms with E-state index in [-0.39, 0.29) is 17.5 Å². The van der Waals surface area contributed by atoms with Gasteiger partial charge in [-0.2, -0.15) is 23.4 Å². The maximum absolute atomic E-state index is 12.2. The molecule has 0 atom stereocenters. The fourth-order valence-corrected chi connectivity index (χ4v) is 2.78. The van der Waals surface area contributed by atoms with Gasteiger partial charge >= 0.3 is 6.18 Å². The average molecular weight is 368 g/mol. The summed E-state index contributed by atoms with van der Waals surface area (Å²) in [4.78, 5) is 17.7. The molecule has 26 heavy (non-hydrogen) atoms. The Hall–Kier alpha value is -2.96. The number of hydrogen-bond donors (Lipinski definition) is 1. The van der Waals surface area contributed by atoms with Gasteiger partial charge in [0, 0.05) is 19.0 Å². The van der Waals surface area contributed by atoms with Crippen LogP contribution in [0, 0.1) is 17.2 Å². The first kappa shape index (κ1) is 17.8. The maximum atomic E-state index is 12.2. The van der Waals surface area contributed by atoms with Gasteiger partial charge in [0.05, 0.1) is 6.26 Å². The first-order valence-corrected chi connectivity index (χ1v) is 7.91. The van der Waals surface area contributed by atoms with Crippen LogP contribution >= 0.6 is 0 Å². The van der Waals surface area contributed by atoms with E-state index in [1.54, 1.807) is 17.0 Å². The van der Waals surface area contributed by atoms with E-state index in [2.05, 4.69) is 4.98 Å². The number of carbonyl (C=O) groups excluding carboxylic acids is 1. The van der Waals surface area contributed by atoms with E-state index in [4.69, 9.17) is 8.83 Å². The minimum atomic E-state index is -4.43. The van der Waals surface area contributed by atoms with E-state index in [9.17, 15) is 23.2 Å². The molecule has 138 valence electrons. The first-order valence-electron chi connectivity index (χ1n) is 7.91. The Morgan fingerprint density at radius 2 is 2.15 bits per heavy atom. The van der Waals surface area contributed by atoms with Crippen molar-refractivity contribution in [1.82, 2.24) is 10.3 Å². The number of halogens is 3. The highest BCUT2D eigenvalue weighted by Gasteiger charge is 2.32. The lowest BCUT2D eigenvalue weighted by Gasteiger charge is -2.31. The van der Waals surface area contributed by atoms with Crippen LogP contribution in [0.15, 0.2) is 27.2 Å². The van der Waals surface area contributed by atoms with Crippen molar-refractivity contribution < 1.29 is 26.8 Å². The number of anilines is 1. The second-order valence-corrected chi connectivity index (χ2v) is 5.86. The molecule has 7 nitrogen and oxygen atoms in total. The molecule has 3 heterocycles. The standard InChI is InChI=1S/C16H15F3N4O3/c17-16(18,19)9-21-13(24)10-3-5-23(6-4-10)15-11(8-20)22-14(26-15)12-2-1-7-25-12/h1-2,7,10H,3-6,9H2,(H,21,24). The molecule has 1 fully saturated rings. The van der Waals surface area contributed by atoms with Crippen LogP contribution in [0.1, 0.15) is 18.5 Å². The molecular formula is C16H15F3N4O3. The predicted octanol–water partition coefficient (Wildman–Crippen LogP) is 2.70. The summed E-state index contributed by atoms with van der Waals surface area (Å²) in [5.41, 5.74) is 0.0939. The highest BCUT2D eigenvalue weighted by atomic mass is 19.4. The predicted molar refractivity (Wildman–Crippen MR) is 82.9 cm³/mol. The van der Waals surface area contributed by atoms with Crippen LogP contribution in [0.4, 0.5) is 19.1 Å². The number of rotatable bonds is 4. The van der Waals surface area contributed by atoms with Crippen molar-refractivity contribution in [2.75, 3.05) is 24.5 Å². The van der Waals surface area contributed by atoms with E-state index in [1.807, 2.05) is 11.4 Å². The molecule has 0 radical (unpaired) electrons. The SMILES string of the molecule is N#Cc1nc(-c2ccco2)oc1N1CCC(C(=O)NCC(F)(F)F)CC1. The topological polar surface area (TPSA) is 95.3 Å². The van der Waals surface area contributed by atoms with Gasteiger partial charge in [-0.25, -0.2) is 0 Å². The number of oxazole rings is 1. The molecule has 1 N–H and O–H groups in total. The number of aromatic nitrogens is 1. The van der Waals surface area contributed by atoms with Crippen LogP contribution in [0.2, 0.25) is 0 Å². The number of piperidine rings is 1. The molecule has 0 aromatic carbocycles. The molecule has 0 saturated carbocycles. The average Bonchev–Trinajstić information content (AvgIpc) is 3.28. The van der Waals surface area contributed by atoms with Gasteiger partial charge in [0.1, 0.15) is 12.6 Å². The summed E-state index contributed by atoms with van der Waals surface area (Å²) >= 11 is 0. The summed E-state index contributed by atoms with van der Waals surface area (Å²) in [6, 6.07) is 5.26. The second-order valence-electron chi connectivity index (χ2n) is 5.86. The molecule has 0 aliphatic carbocycles. The number of nitrogens with one attached hydrogen (secondary N) is 1. The van der Waals surface area contributed by atoms with Crippen molar-refractivity contribution in [2.45, 2.75) is 19.0 Å². The number of hydrogen-bond acceptors (Lipinski definition) is 6. The Morgan fingerprint density at radius 1 is 1.42 bits per heavy atom. The number of carbonyl (C=O) groups is 1. The molecule has 0 spiro atoms. The lowest BCUT2D eigenvalue weighted by molar-refractivity contribution is -0.141. The Labute approximate surface area is 146 Å². The highest BCUT2D eigenvalue weighted by Crippen LogP contribution is 2.31. The van der Waals surface area contributed by atoms with Crippen molar-refractivity contribution in [3.63, 3.8) is 0 Å². The third-order valence-electron chi connectivity index (χ3n) is 4.06. The molecule has 3 rings (SSSR count). The number of nitriles is 1. The van der Waals surface area contributed by atoms with E-state index >= 15 is 0 Å². The Bertz CT molecular complexity index is 800. The number of alkyl halides is 3. The van der Waals surface area contributed by atoms with Crippen LogP contribution in [-0.4, -0.2) is 36.7 Å². The molecule has 2 aromatic rings. The van der Waals surface area contributed by atoms with Crippen LogP contribution in [0.3, 0.4) is 0 Å². The lowest BCUT2D eigenvalue weighted by atomic mass is 9.96. The molecule has 1 saturated heterocycles. The third-order valence-corrected chi connectivity index (χ3v) is 4.06. The van der Waals surface area contributed by atoms with Crippen molar-refractivity contribution in [3.8, 4) is 17.7 Å². The van der Waals surface area contributed by atoms with Gasteiger partial charge in [0.25, 0.3) is 5.89 Å². The molecule has 0 bridgehead atoms. The maximum Gasteiger partial charge on any atom is 0.405 e. The zero-order chi connectivity index (χ0) is 18.7. The fourth-order valence-electron chi connectivity index (χ4n) is 2.78. The van der Waals surface area contributed by atoms with Gasteiger partial charge in [-0.05, 0) is 25.0 Å². The summed E-state index contributed by atoms with van der Waals surface area (Å²) < 4.78 is 47.4. The molecule has 2 aromatic heterocycles. The highest BCUT2D eigenvalue weighted by molar-refractivity contribution is 5.79. The van der Waals surface area contributed by atoms with Crippen LogP contribution in [-0.2, 0) is 4.79 Å². The Morgan fingerprint density at radius 3 is 2.73 bits per heavy atom. The van der Waals surface area contributed by atoms with Crippen molar-refractivity contribution >= 4 is 11.8 Å². The van der Waals surface area contributed by atoms with Crippen molar-refractivity contribution in [1.29, 1.82) is 5.26 Å². The molecule has 1 aliphatic heterocycles. The summed E-state index contributed by atoms with van der Waals surface area (Å²) in [6.07, 6.45) is -2.27. The summed E-state index contributed by atoms with van der Waals surface area (Å²) in [7, 11) is 0. The zero-order valence-corrected chi connectivity index (χ0v) is 13.5. The summed E-state index contributed by atoms with van der Waals surface area (Å²) in [5, 5.41) is 11.2. The van der Waals surface area contributed by atoms with E-state index in [0.29, 0.717) is 31.7 Å². The second kappa shape index (κ2) is 7.11. The monoisotopic (exact) mass is 368 g/mol. The number of furan rings is 1. The Kier molecular flexibility index (Phi) is 4.88. The van der Waals surface area contributed by atoms with Gasteiger partial charge in [-0.3, -0.25) is 4.79 Å². The van der Waals surface area contributed by atoms with Gasteiger partial charge in [-0.1, -0.05) is 0 Å². The lowest BCUT2D eigenvalue weighted by Crippen LogP contribution is -2.43. The quantitative estimate of drug-likeness (QED) is 0.892. The molecule has 1 amide bonds. The van der Waals surface area contributed by atoms with Gasteiger partial charge in [-0.15, -0.1) is 0 Å². The minimum absolute atomic E-state index is 0.0939. The van der Waals surface area contributed by atoms with Crippen LogP contribution < -0.4 is 10.2 Å². The molecular weight excluding hydrogens is 353 g/mol.